The summed E-state index contributed by atoms with van der Waals surface area (Å²) in [6.45, 7) is 0.321. The van der Waals surface area contributed by atoms with Crippen LogP contribution in [-0.2, 0) is 9.59 Å². The molecule has 174 valence electrons. The molecule has 3 aromatic carbocycles. The summed E-state index contributed by atoms with van der Waals surface area (Å²) in [6, 6.07) is 20.1. The Morgan fingerprint density at radius 2 is 1.56 bits per heavy atom. The smallest absolute Gasteiger partial charge is 0.258 e. The average Bonchev–Trinajstić information content (AvgIpc) is 3.12. The van der Waals surface area contributed by atoms with Crippen molar-refractivity contribution in [2.45, 2.75) is 0 Å². The molecule has 0 atom stereocenters. The standard InChI is InChI=1S/C26H24Cl2N4O2/c1-31(2)15-23(33)32(3)20-11-9-19(10-12-20)29-25(16-4-6-17(27)7-5-16)24-21-13-8-18(28)14-22(21)30-26(24)34/h4-14,29H,15H2,1-3H3,(H,30,34). The van der Waals surface area contributed by atoms with Crippen LogP contribution in [0.1, 0.15) is 11.1 Å². The quantitative estimate of drug-likeness (QED) is 0.447. The second-order valence-corrected chi connectivity index (χ2v) is 9.14. The van der Waals surface area contributed by atoms with Crippen LogP contribution in [0.5, 0.6) is 0 Å². The first-order valence-electron chi connectivity index (χ1n) is 10.6. The summed E-state index contributed by atoms with van der Waals surface area (Å²) in [5.41, 5.74) is 4.92. The van der Waals surface area contributed by atoms with Crippen molar-refractivity contribution in [2.75, 3.05) is 43.2 Å². The highest BCUT2D eigenvalue weighted by molar-refractivity contribution is 6.38. The van der Waals surface area contributed by atoms with Crippen LogP contribution in [-0.4, -0.2) is 44.4 Å². The van der Waals surface area contributed by atoms with Gasteiger partial charge in [-0.1, -0.05) is 41.4 Å². The van der Waals surface area contributed by atoms with Crippen LogP contribution in [0.15, 0.2) is 66.7 Å². The summed E-state index contributed by atoms with van der Waals surface area (Å²) >= 11 is 12.2. The molecule has 3 aromatic rings. The molecule has 2 N–H and O–H groups in total. The van der Waals surface area contributed by atoms with Crippen LogP contribution in [0.2, 0.25) is 10.0 Å². The molecule has 0 spiro atoms. The van der Waals surface area contributed by atoms with Crippen LogP contribution >= 0.6 is 23.2 Å². The van der Waals surface area contributed by atoms with Gasteiger partial charge in [0.05, 0.1) is 23.5 Å². The van der Waals surface area contributed by atoms with E-state index in [0.29, 0.717) is 33.5 Å². The number of carbonyl (C=O) groups is 2. The van der Waals surface area contributed by atoms with Gasteiger partial charge in [-0.2, -0.15) is 0 Å². The third kappa shape index (κ3) is 5.09. The summed E-state index contributed by atoms with van der Waals surface area (Å²) in [6.07, 6.45) is 0. The molecule has 8 heteroatoms. The Morgan fingerprint density at radius 3 is 2.21 bits per heavy atom. The minimum atomic E-state index is -0.222. The first-order chi connectivity index (χ1) is 16.2. The largest absolute Gasteiger partial charge is 0.354 e. The maximum Gasteiger partial charge on any atom is 0.258 e. The number of hydrogen-bond acceptors (Lipinski definition) is 4. The summed E-state index contributed by atoms with van der Waals surface area (Å²) in [5, 5.41) is 7.44. The van der Waals surface area contributed by atoms with Gasteiger partial charge in [-0.3, -0.25) is 9.59 Å². The van der Waals surface area contributed by atoms with Crippen LogP contribution in [0.4, 0.5) is 17.1 Å². The lowest BCUT2D eigenvalue weighted by Crippen LogP contribution is -2.34. The van der Waals surface area contributed by atoms with E-state index in [1.165, 1.54) is 0 Å². The van der Waals surface area contributed by atoms with Crippen molar-refractivity contribution >= 4 is 63.3 Å². The summed E-state index contributed by atoms with van der Waals surface area (Å²) < 4.78 is 0. The van der Waals surface area contributed by atoms with Gasteiger partial charge in [0.1, 0.15) is 0 Å². The second kappa shape index (κ2) is 9.89. The number of amides is 2. The van der Waals surface area contributed by atoms with Gasteiger partial charge in [-0.25, -0.2) is 0 Å². The Kier molecular flexibility index (Phi) is 6.93. The number of rotatable bonds is 6. The molecule has 6 nitrogen and oxygen atoms in total. The first-order valence-corrected chi connectivity index (χ1v) is 11.4. The number of halogens is 2. The van der Waals surface area contributed by atoms with Crippen LogP contribution in [0.25, 0.3) is 11.3 Å². The fourth-order valence-electron chi connectivity index (χ4n) is 3.72. The predicted molar refractivity (Wildman–Crippen MR) is 140 cm³/mol. The van der Waals surface area contributed by atoms with Crippen LogP contribution < -0.4 is 15.5 Å². The van der Waals surface area contributed by atoms with Crippen molar-refractivity contribution in [1.29, 1.82) is 0 Å². The zero-order chi connectivity index (χ0) is 24.4. The third-order valence-electron chi connectivity index (χ3n) is 5.46. The van der Waals surface area contributed by atoms with Gasteiger partial charge in [-0.05, 0) is 68.2 Å². The summed E-state index contributed by atoms with van der Waals surface area (Å²) in [7, 11) is 5.46. The molecule has 0 unspecified atom stereocenters. The Bertz CT molecular complexity index is 1270. The molecule has 0 aromatic heterocycles. The van der Waals surface area contributed by atoms with Gasteiger partial charge >= 0.3 is 0 Å². The van der Waals surface area contributed by atoms with Gasteiger partial charge in [0, 0.05) is 34.0 Å². The van der Waals surface area contributed by atoms with E-state index in [0.717, 1.165) is 22.5 Å². The van der Waals surface area contributed by atoms with Crippen molar-refractivity contribution in [2.24, 2.45) is 0 Å². The van der Waals surface area contributed by atoms with Gasteiger partial charge in [0.25, 0.3) is 5.91 Å². The van der Waals surface area contributed by atoms with Crippen molar-refractivity contribution in [3.63, 3.8) is 0 Å². The molecular weight excluding hydrogens is 471 g/mol. The maximum absolute atomic E-state index is 13.0. The molecular formula is C26H24Cl2N4O2. The monoisotopic (exact) mass is 494 g/mol. The minimum absolute atomic E-state index is 0.00687. The van der Waals surface area contributed by atoms with Crippen molar-refractivity contribution in [1.82, 2.24) is 4.90 Å². The molecule has 1 aliphatic rings. The fourth-order valence-corrected chi connectivity index (χ4v) is 4.02. The van der Waals surface area contributed by atoms with Crippen molar-refractivity contribution < 1.29 is 9.59 Å². The van der Waals surface area contributed by atoms with Gasteiger partial charge in [0.2, 0.25) is 5.91 Å². The van der Waals surface area contributed by atoms with Crippen LogP contribution in [0.3, 0.4) is 0 Å². The lowest BCUT2D eigenvalue weighted by atomic mass is 10.00. The highest BCUT2D eigenvalue weighted by Gasteiger charge is 2.28. The van der Waals surface area contributed by atoms with Gasteiger partial charge in [0.15, 0.2) is 0 Å². The fraction of sp³-hybridized carbons (Fsp3) is 0.154. The van der Waals surface area contributed by atoms with E-state index in [4.69, 9.17) is 23.2 Å². The van der Waals surface area contributed by atoms with E-state index < -0.39 is 0 Å². The molecule has 0 saturated carbocycles. The number of anilines is 3. The lowest BCUT2D eigenvalue weighted by molar-refractivity contribution is -0.119. The Morgan fingerprint density at radius 1 is 0.912 bits per heavy atom. The van der Waals surface area contributed by atoms with Crippen LogP contribution in [0, 0.1) is 0 Å². The normalized spacial score (nSPS) is 14.0. The molecule has 0 bridgehead atoms. The molecule has 2 amide bonds. The SMILES string of the molecule is CN(C)CC(=O)N(C)c1ccc(NC(=C2C(=O)Nc3cc(Cl)ccc32)c2ccc(Cl)cc2)cc1. The van der Waals surface area contributed by atoms with Gasteiger partial charge < -0.3 is 20.4 Å². The minimum Gasteiger partial charge on any atom is -0.354 e. The number of nitrogens with one attached hydrogen (secondary N) is 2. The average molecular weight is 495 g/mol. The first kappa shape index (κ1) is 23.8. The Balaban J connectivity index is 1.71. The lowest BCUT2D eigenvalue weighted by Gasteiger charge is -2.20. The molecule has 34 heavy (non-hydrogen) atoms. The van der Waals surface area contributed by atoms with Gasteiger partial charge in [-0.15, -0.1) is 0 Å². The van der Waals surface area contributed by atoms with Crippen molar-refractivity contribution in [3.05, 3.63) is 87.9 Å². The number of nitrogens with zero attached hydrogens (tertiary/aromatic N) is 2. The number of carbonyl (C=O) groups excluding carboxylic acids is 2. The third-order valence-corrected chi connectivity index (χ3v) is 5.95. The van der Waals surface area contributed by atoms with E-state index in [1.807, 2.05) is 61.5 Å². The number of fused-ring (bicyclic) bond motifs is 1. The zero-order valence-electron chi connectivity index (χ0n) is 19.0. The molecule has 0 saturated heterocycles. The van der Waals surface area contributed by atoms with E-state index in [2.05, 4.69) is 10.6 Å². The molecule has 0 radical (unpaired) electrons. The second-order valence-electron chi connectivity index (χ2n) is 8.26. The van der Waals surface area contributed by atoms with E-state index in [9.17, 15) is 9.59 Å². The Hall–Kier alpha value is -3.32. The number of benzene rings is 3. The van der Waals surface area contributed by atoms with E-state index in [1.54, 1.807) is 36.2 Å². The topological polar surface area (TPSA) is 64.7 Å². The maximum atomic E-state index is 13.0. The van der Waals surface area contributed by atoms with Crippen molar-refractivity contribution in [3.8, 4) is 0 Å². The predicted octanol–water partition coefficient (Wildman–Crippen LogP) is 5.45. The number of likely N-dealkylation sites (N-methyl/N-ethyl adjacent to an activating group) is 2. The summed E-state index contributed by atoms with van der Waals surface area (Å²) in [5.74, 6) is -0.229. The summed E-state index contributed by atoms with van der Waals surface area (Å²) in [4.78, 5) is 28.8. The van der Waals surface area contributed by atoms with E-state index >= 15 is 0 Å². The molecule has 4 rings (SSSR count). The number of hydrogen-bond donors (Lipinski definition) is 2. The molecule has 1 heterocycles. The van der Waals surface area contributed by atoms with E-state index in [-0.39, 0.29) is 11.8 Å². The zero-order valence-corrected chi connectivity index (χ0v) is 20.5. The Labute approximate surface area is 208 Å². The highest BCUT2D eigenvalue weighted by atomic mass is 35.5. The molecule has 0 aliphatic carbocycles. The highest BCUT2D eigenvalue weighted by Crippen LogP contribution is 2.39. The molecule has 0 fully saturated rings. The molecule has 1 aliphatic heterocycles.